The van der Waals surface area contributed by atoms with E-state index in [1.165, 1.54) is 24.8 Å². The molecule has 90 valence electrons. The second kappa shape index (κ2) is 5.65. The molecule has 2 aliphatic rings. The van der Waals surface area contributed by atoms with E-state index in [0.29, 0.717) is 0 Å². The zero-order valence-corrected chi connectivity index (χ0v) is 10.4. The highest BCUT2D eigenvalue weighted by molar-refractivity contribution is 5.13. The monoisotopic (exact) mass is 221 g/mol. The van der Waals surface area contributed by atoms with Crippen LogP contribution in [0.2, 0.25) is 0 Å². The van der Waals surface area contributed by atoms with Gasteiger partial charge in [-0.25, -0.2) is 0 Å². The summed E-state index contributed by atoms with van der Waals surface area (Å²) in [5.74, 6) is 0.730. The standard InChI is InChI=1S/C14H23NO/c1-12(2)14-5-3-13(4-6-14)11-15-7-9-16-10-8-15/h3,14H,1,4-11H2,2H3/t14-/m1/s1. The third-order valence-corrected chi connectivity index (χ3v) is 3.73. The van der Waals surface area contributed by atoms with Crippen LogP contribution < -0.4 is 0 Å². The second-order valence-corrected chi connectivity index (χ2v) is 5.07. The van der Waals surface area contributed by atoms with E-state index in [1.807, 2.05) is 0 Å². The van der Waals surface area contributed by atoms with Crippen molar-refractivity contribution in [3.63, 3.8) is 0 Å². The molecule has 1 fully saturated rings. The van der Waals surface area contributed by atoms with Gasteiger partial charge < -0.3 is 4.74 Å². The first kappa shape index (κ1) is 11.9. The van der Waals surface area contributed by atoms with Crippen molar-refractivity contribution in [3.05, 3.63) is 23.8 Å². The molecule has 0 aromatic heterocycles. The molecule has 0 bridgehead atoms. The molecule has 2 nitrogen and oxygen atoms in total. The van der Waals surface area contributed by atoms with E-state index in [9.17, 15) is 0 Å². The third kappa shape index (κ3) is 3.19. The summed E-state index contributed by atoms with van der Waals surface area (Å²) in [6, 6.07) is 0. The van der Waals surface area contributed by atoms with Gasteiger partial charge in [0.05, 0.1) is 13.2 Å². The molecule has 0 unspecified atom stereocenters. The molecule has 0 spiro atoms. The molecule has 0 radical (unpaired) electrons. The van der Waals surface area contributed by atoms with E-state index >= 15 is 0 Å². The van der Waals surface area contributed by atoms with Gasteiger partial charge in [-0.05, 0) is 32.1 Å². The van der Waals surface area contributed by atoms with E-state index in [4.69, 9.17) is 4.74 Å². The summed E-state index contributed by atoms with van der Waals surface area (Å²) in [5, 5.41) is 0. The SMILES string of the molecule is C=C(C)[C@@H]1CC=C(CN2CCOCC2)CC1. The molecule has 16 heavy (non-hydrogen) atoms. The molecule has 1 atom stereocenters. The lowest BCUT2D eigenvalue weighted by Gasteiger charge is -2.30. The Bertz CT molecular complexity index is 276. The summed E-state index contributed by atoms with van der Waals surface area (Å²) in [6.07, 6.45) is 6.20. The first-order valence-electron chi connectivity index (χ1n) is 6.39. The van der Waals surface area contributed by atoms with Crippen LogP contribution in [0.1, 0.15) is 26.2 Å². The number of rotatable bonds is 3. The van der Waals surface area contributed by atoms with Gasteiger partial charge in [0.2, 0.25) is 0 Å². The summed E-state index contributed by atoms with van der Waals surface area (Å²) in [6.45, 7) is 11.4. The topological polar surface area (TPSA) is 12.5 Å². The van der Waals surface area contributed by atoms with Crippen LogP contribution >= 0.6 is 0 Å². The molecular weight excluding hydrogens is 198 g/mol. The molecule has 2 rings (SSSR count). The summed E-state index contributed by atoms with van der Waals surface area (Å²) >= 11 is 0. The van der Waals surface area contributed by atoms with E-state index in [-0.39, 0.29) is 0 Å². The number of ether oxygens (including phenoxy) is 1. The van der Waals surface area contributed by atoms with Gasteiger partial charge in [0.15, 0.2) is 0 Å². The predicted molar refractivity (Wildman–Crippen MR) is 67.5 cm³/mol. The Hall–Kier alpha value is -0.600. The first-order valence-corrected chi connectivity index (χ1v) is 6.39. The lowest BCUT2D eigenvalue weighted by atomic mass is 9.85. The van der Waals surface area contributed by atoms with Crippen LogP contribution in [0.25, 0.3) is 0 Å². The van der Waals surface area contributed by atoms with Crippen LogP contribution in [-0.2, 0) is 4.74 Å². The van der Waals surface area contributed by atoms with Gasteiger partial charge >= 0.3 is 0 Å². The number of allylic oxidation sites excluding steroid dienone is 2. The summed E-state index contributed by atoms with van der Waals surface area (Å²) in [7, 11) is 0. The Labute approximate surface area is 99.0 Å². The maximum atomic E-state index is 5.36. The lowest BCUT2D eigenvalue weighted by molar-refractivity contribution is 0.0417. The molecule has 0 N–H and O–H groups in total. The van der Waals surface area contributed by atoms with Crippen LogP contribution in [0.15, 0.2) is 23.8 Å². The van der Waals surface area contributed by atoms with Gasteiger partial charge in [-0.1, -0.05) is 23.8 Å². The molecular formula is C14H23NO. The van der Waals surface area contributed by atoms with Crippen molar-refractivity contribution in [2.45, 2.75) is 26.2 Å². The zero-order valence-electron chi connectivity index (χ0n) is 10.4. The van der Waals surface area contributed by atoms with Crippen molar-refractivity contribution in [1.82, 2.24) is 4.90 Å². The van der Waals surface area contributed by atoms with Gasteiger partial charge in [-0.15, -0.1) is 0 Å². The summed E-state index contributed by atoms with van der Waals surface area (Å²) in [4.78, 5) is 2.51. The van der Waals surface area contributed by atoms with Crippen molar-refractivity contribution in [2.24, 2.45) is 5.92 Å². The fraction of sp³-hybridized carbons (Fsp3) is 0.714. The Morgan fingerprint density at radius 2 is 2.25 bits per heavy atom. The van der Waals surface area contributed by atoms with E-state index in [0.717, 1.165) is 38.8 Å². The molecule has 0 saturated carbocycles. The minimum absolute atomic E-state index is 0.730. The van der Waals surface area contributed by atoms with Crippen LogP contribution in [-0.4, -0.2) is 37.7 Å². The highest BCUT2D eigenvalue weighted by Gasteiger charge is 2.17. The van der Waals surface area contributed by atoms with Crippen molar-refractivity contribution < 1.29 is 4.74 Å². The van der Waals surface area contributed by atoms with Gasteiger partial charge in [-0.3, -0.25) is 4.90 Å². The third-order valence-electron chi connectivity index (χ3n) is 3.73. The predicted octanol–water partition coefficient (Wildman–Crippen LogP) is 2.62. The van der Waals surface area contributed by atoms with Crippen LogP contribution in [0.3, 0.4) is 0 Å². The Morgan fingerprint density at radius 1 is 1.50 bits per heavy atom. The maximum absolute atomic E-state index is 5.36. The maximum Gasteiger partial charge on any atom is 0.0594 e. The molecule has 1 heterocycles. The lowest BCUT2D eigenvalue weighted by Crippen LogP contribution is -2.37. The van der Waals surface area contributed by atoms with E-state index in [1.54, 1.807) is 5.57 Å². The number of morpholine rings is 1. The summed E-state index contributed by atoms with van der Waals surface area (Å²) in [5.41, 5.74) is 2.97. The highest BCUT2D eigenvalue weighted by atomic mass is 16.5. The van der Waals surface area contributed by atoms with Crippen LogP contribution in [0.4, 0.5) is 0 Å². The minimum atomic E-state index is 0.730. The van der Waals surface area contributed by atoms with Gasteiger partial charge in [0.25, 0.3) is 0 Å². The van der Waals surface area contributed by atoms with Crippen molar-refractivity contribution >= 4 is 0 Å². The van der Waals surface area contributed by atoms with Gasteiger partial charge in [-0.2, -0.15) is 0 Å². The Morgan fingerprint density at radius 3 is 2.81 bits per heavy atom. The van der Waals surface area contributed by atoms with Crippen molar-refractivity contribution in [3.8, 4) is 0 Å². The average molecular weight is 221 g/mol. The molecule has 1 saturated heterocycles. The van der Waals surface area contributed by atoms with Gasteiger partial charge in [0.1, 0.15) is 0 Å². The molecule has 1 aliphatic heterocycles. The second-order valence-electron chi connectivity index (χ2n) is 5.07. The zero-order chi connectivity index (χ0) is 11.4. The van der Waals surface area contributed by atoms with Crippen molar-refractivity contribution in [1.29, 1.82) is 0 Å². The van der Waals surface area contributed by atoms with Crippen LogP contribution in [0, 0.1) is 5.92 Å². The molecule has 2 heteroatoms. The molecule has 0 amide bonds. The minimum Gasteiger partial charge on any atom is -0.379 e. The number of hydrogen-bond donors (Lipinski definition) is 0. The Kier molecular flexibility index (Phi) is 4.19. The van der Waals surface area contributed by atoms with E-state index in [2.05, 4.69) is 24.5 Å². The van der Waals surface area contributed by atoms with Crippen LogP contribution in [0.5, 0.6) is 0 Å². The first-order chi connectivity index (χ1) is 7.75. The van der Waals surface area contributed by atoms with Gasteiger partial charge in [0, 0.05) is 19.6 Å². The Balaban J connectivity index is 1.80. The smallest absolute Gasteiger partial charge is 0.0594 e. The summed E-state index contributed by atoms with van der Waals surface area (Å²) < 4.78 is 5.36. The molecule has 0 aromatic rings. The fourth-order valence-electron chi connectivity index (χ4n) is 2.53. The highest BCUT2D eigenvalue weighted by Crippen LogP contribution is 2.28. The van der Waals surface area contributed by atoms with Crippen molar-refractivity contribution in [2.75, 3.05) is 32.8 Å². The largest absolute Gasteiger partial charge is 0.379 e. The quantitative estimate of drug-likeness (QED) is 0.679. The fourth-order valence-corrected chi connectivity index (χ4v) is 2.53. The number of hydrogen-bond acceptors (Lipinski definition) is 2. The molecule has 1 aliphatic carbocycles. The normalized spacial score (nSPS) is 27.6. The molecule has 0 aromatic carbocycles. The average Bonchev–Trinajstić information content (AvgIpc) is 2.31. The van der Waals surface area contributed by atoms with E-state index < -0.39 is 0 Å². The number of nitrogens with zero attached hydrogens (tertiary/aromatic N) is 1.